The lowest BCUT2D eigenvalue weighted by atomic mass is 10.0. The first-order chi connectivity index (χ1) is 12.4. The predicted molar refractivity (Wildman–Crippen MR) is 98.3 cm³/mol. The largest absolute Gasteiger partial charge is 0.289 e. The molecule has 0 bridgehead atoms. The van der Waals surface area contributed by atoms with E-state index in [0.29, 0.717) is 5.56 Å². The minimum absolute atomic E-state index is 0.0285. The van der Waals surface area contributed by atoms with Crippen LogP contribution in [0, 0.1) is 12.7 Å². The molecule has 26 heavy (non-hydrogen) atoms. The van der Waals surface area contributed by atoms with Crippen molar-refractivity contribution in [2.45, 2.75) is 11.8 Å². The van der Waals surface area contributed by atoms with Crippen LogP contribution in [0.3, 0.4) is 0 Å². The second-order valence-electron chi connectivity index (χ2n) is 5.80. The third kappa shape index (κ3) is 3.81. The summed E-state index contributed by atoms with van der Waals surface area (Å²) >= 11 is 0. The van der Waals surface area contributed by atoms with Crippen LogP contribution in [0.2, 0.25) is 0 Å². The number of rotatable bonds is 5. The van der Waals surface area contributed by atoms with Crippen LogP contribution in [0.25, 0.3) is 0 Å². The highest BCUT2D eigenvalue weighted by Crippen LogP contribution is 2.24. The summed E-state index contributed by atoms with van der Waals surface area (Å²) < 4.78 is 41.3. The Hall–Kier alpha value is -2.99. The molecule has 3 aromatic rings. The maximum atomic E-state index is 13.7. The van der Waals surface area contributed by atoms with E-state index in [1.54, 1.807) is 42.5 Å². The molecule has 0 fully saturated rings. The number of aryl methyl sites for hydroxylation is 1. The fraction of sp³-hybridized carbons (Fsp3) is 0.0500. The van der Waals surface area contributed by atoms with Crippen LogP contribution >= 0.6 is 0 Å². The first-order valence-electron chi connectivity index (χ1n) is 7.85. The van der Waals surface area contributed by atoms with E-state index < -0.39 is 21.6 Å². The Morgan fingerprint density at radius 3 is 2.23 bits per heavy atom. The van der Waals surface area contributed by atoms with Crippen molar-refractivity contribution in [2.75, 3.05) is 4.72 Å². The zero-order chi connectivity index (χ0) is 18.7. The van der Waals surface area contributed by atoms with Crippen LogP contribution in [-0.4, -0.2) is 14.2 Å². The average molecular weight is 369 g/mol. The van der Waals surface area contributed by atoms with Crippen molar-refractivity contribution in [2.24, 2.45) is 0 Å². The second-order valence-corrected chi connectivity index (χ2v) is 7.49. The standard InChI is InChI=1S/C20H16FNO3S/c1-14-7-10-17(11-8-14)26(24,25)22-19-12-9-16(21)13-18(19)20(23)15-5-3-2-4-6-15/h2-13,22H,1H3. The van der Waals surface area contributed by atoms with Crippen molar-refractivity contribution in [3.63, 3.8) is 0 Å². The van der Waals surface area contributed by atoms with Gasteiger partial charge in [0, 0.05) is 11.1 Å². The fourth-order valence-corrected chi connectivity index (χ4v) is 3.54. The third-order valence-electron chi connectivity index (χ3n) is 3.84. The number of carbonyl (C=O) groups is 1. The van der Waals surface area contributed by atoms with Gasteiger partial charge in [-0.15, -0.1) is 0 Å². The highest BCUT2D eigenvalue weighted by Gasteiger charge is 2.20. The minimum Gasteiger partial charge on any atom is -0.289 e. The molecule has 6 heteroatoms. The summed E-state index contributed by atoms with van der Waals surface area (Å²) in [5, 5.41) is 0. The molecule has 0 unspecified atom stereocenters. The lowest BCUT2D eigenvalue weighted by molar-refractivity contribution is 0.103. The predicted octanol–water partition coefficient (Wildman–Crippen LogP) is 4.17. The SMILES string of the molecule is Cc1ccc(S(=O)(=O)Nc2ccc(F)cc2C(=O)c2ccccc2)cc1. The molecule has 0 atom stereocenters. The van der Waals surface area contributed by atoms with Crippen LogP contribution in [0.4, 0.5) is 10.1 Å². The molecule has 0 saturated heterocycles. The molecular weight excluding hydrogens is 353 g/mol. The molecular formula is C20H16FNO3S. The maximum absolute atomic E-state index is 13.7. The van der Waals surface area contributed by atoms with Crippen molar-refractivity contribution < 1.29 is 17.6 Å². The molecule has 0 heterocycles. The van der Waals surface area contributed by atoms with E-state index in [9.17, 15) is 17.6 Å². The number of nitrogens with one attached hydrogen (secondary N) is 1. The van der Waals surface area contributed by atoms with E-state index in [-0.39, 0.29) is 16.1 Å². The van der Waals surface area contributed by atoms with E-state index in [2.05, 4.69) is 4.72 Å². The molecule has 132 valence electrons. The Bertz CT molecular complexity index is 1050. The molecule has 0 aliphatic carbocycles. The zero-order valence-electron chi connectivity index (χ0n) is 13.9. The summed E-state index contributed by atoms with van der Waals surface area (Å²) in [5.74, 6) is -1.09. The van der Waals surface area contributed by atoms with E-state index in [1.807, 2.05) is 6.92 Å². The molecule has 3 aromatic carbocycles. The lowest BCUT2D eigenvalue weighted by Crippen LogP contribution is -2.16. The van der Waals surface area contributed by atoms with E-state index >= 15 is 0 Å². The van der Waals surface area contributed by atoms with Crippen molar-refractivity contribution in [3.8, 4) is 0 Å². The second kappa shape index (κ2) is 7.09. The molecule has 4 nitrogen and oxygen atoms in total. The highest BCUT2D eigenvalue weighted by atomic mass is 32.2. The number of hydrogen-bond donors (Lipinski definition) is 1. The van der Waals surface area contributed by atoms with Crippen molar-refractivity contribution >= 4 is 21.5 Å². The van der Waals surface area contributed by atoms with Crippen LogP contribution < -0.4 is 4.72 Å². The summed E-state index contributed by atoms with van der Waals surface area (Å²) in [5.41, 5.74) is 1.24. The van der Waals surface area contributed by atoms with E-state index in [4.69, 9.17) is 0 Å². The van der Waals surface area contributed by atoms with Crippen LogP contribution in [0.5, 0.6) is 0 Å². The summed E-state index contributed by atoms with van der Waals surface area (Å²) in [6, 6.07) is 18.0. The Labute approximate surface area is 151 Å². The Kier molecular flexibility index (Phi) is 4.86. The molecule has 0 radical (unpaired) electrons. The summed E-state index contributed by atoms with van der Waals surface area (Å²) in [4.78, 5) is 12.7. The van der Waals surface area contributed by atoms with E-state index in [0.717, 1.165) is 17.7 Å². The lowest BCUT2D eigenvalue weighted by Gasteiger charge is -2.12. The smallest absolute Gasteiger partial charge is 0.261 e. The summed E-state index contributed by atoms with van der Waals surface area (Å²) in [7, 11) is -3.91. The molecule has 0 saturated carbocycles. The number of ketones is 1. The van der Waals surface area contributed by atoms with Gasteiger partial charge in [-0.05, 0) is 37.3 Å². The van der Waals surface area contributed by atoms with Gasteiger partial charge in [0.2, 0.25) is 0 Å². The number of benzene rings is 3. The van der Waals surface area contributed by atoms with Crippen molar-refractivity contribution in [1.82, 2.24) is 0 Å². The number of sulfonamides is 1. The topological polar surface area (TPSA) is 63.2 Å². The Morgan fingerprint density at radius 2 is 1.58 bits per heavy atom. The Morgan fingerprint density at radius 1 is 0.923 bits per heavy atom. The number of carbonyl (C=O) groups excluding carboxylic acids is 1. The number of hydrogen-bond acceptors (Lipinski definition) is 3. The summed E-state index contributed by atoms with van der Waals surface area (Å²) in [6.07, 6.45) is 0. The van der Waals surface area contributed by atoms with Gasteiger partial charge in [0.25, 0.3) is 10.0 Å². The van der Waals surface area contributed by atoms with Gasteiger partial charge in [0.1, 0.15) is 5.82 Å². The molecule has 0 aromatic heterocycles. The maximum Gasteiger partial charge on any atom is 0.261 e. The molecule has 0 aliphatic heterocycles. The van der Waals surface area contributed by atoms with Crippen LogP contribution in [0.1, 0.15) is 21.5 Å². The number of halogens is 1. The first kappa shape index (κ1) is 17.8. The van der Waals surface area contributed by atoms with Gasteiger partial charge >= 0.3 is 0 Å². The van der Waals surface area contributed by atoms with Gasteiger partial charge in [-0.25, -0.2) is 12.8 Å². The van der Waals surface area contributed by atoms with Gasteiger partial charge in [-0.1, -0.05) is 48.0 Å². The highest BCUT2D eigenvalue weighted by molar-refractivity contribution is 7.92. The quantitative estimate of drug-likeness (QED) is 0.687. The number of anilines is 1. The first-order valence-corrected chi connectivity index (χ1v) is 9.34. The Balaban J connectivity index is 2.01. The van der Waals surface area contributed by atoms with Gasteiger partial charge in [-0.2, -0.15) is 0 Å². The van der Waals surface area contributed by atoms with Crippen LogP contribution in [-0.2, 0) is 10.0 Å². The van der Waals surface area contributed by atoms with Gasteiger partial charge in [0.15, 0.2) is 5.78 Å². The summed E-state index contributed by atoms with van der Waals surface area (Å²) in [6.45, 7) is 1.85. The molecule has 0 spiro atoms. The molecule has 1 N–H and O–H groups in total. The molecule has 0 aliphatic rings. The van der Waals surface area contributed by atoms with Crippen molar-refractivity contribution in [3.05, 3.63) is 95.3 Å². The monoisotopic (exact) mass is 369 g/mol. The fourth-order valence-electron chi connectivity index (χ4n) is 2.46. The molecule has 0 amide bonds. The van der Waals surface area contributed by atoms with Gasteiger partial charge in [-0.3, -0.25) is 9.52 Å². The van der Waals surface area contributed by atoms with Gasteiger partial charge < -0.3 is 0 Å². The van der Waals surface area contributed by atoms with Gasteiger partial charge in [0.05, 0.1) is 10.6 Å². The third-order valence-corrected chi connectivity index (χ3v) is 5.22. The van der Waals surface area contributed by atoms with Crippen LogP contribution in [0.15, 0.2) is 77.7 Å². The van der Waals surface area contributed by atoms with E-state index in [1.165, 1.54) is 18.2 Å². The minimum atomic E-state index is -3.91. The zero-order valence-corrected chi connectivity index (χ0v) is 14.8. The normalized spacial score (nSPS) is 11.2. The van der Waals surface area contributed by atoms with Crippen molar-refractivity contribution in [1.29, 1.82) is 0 Å². The average Bonchev–Trinajstić information content (AvgIpc) is 2.63. The molecule has 3 rings (SSSR count).